The van der Waals surface area contributed by atoms with Gasteiger partial charge in [-0.1, -0.05) is 17.3 Å². The lowest BCUT2D eigenvalue weighted by atomic mass is 10.1. The number of nitrogens with zero attached hydrogens (tertiary/aromatic N) is 4. The van der Waals surface area contributed by atoms with Crippen LogP contribution in [0.15, 0.2) is 41.1 Å². The maximum atomic E-state index is 10.3. The van der Waals surface area contributed by atoms with Crippen LogP contribution in [0.5, 0.6) is 0 Å². The van der Waals surface area contributed by atoms with E-state index in [2.05, 4.69) is 21.0 Å². The monoisotopic (exact) mass is 312 g/mol. The number of aromatic nitrogens is 1. The highest BCUT2D eigenvalue weighted by molar-refractivity contribution is 5.32. The van der Waals surface area contributed by atoms with Crippen molar-refractivity contribution in [3.05, 3.63) is 53.4 Å². The van der Waals surface area contributed by atoms with Gasteiger partial charge in [0.2, 0.25) is 0 Å². The van der Waals surface area contributed by atoms with E-state index in [4.69, 9.17) is 9.78 Å². The van der Waals surface area contributed by atoms with Gasteiger partial charge in [0.05, 0.1) is 23.4 Å². The Bertz CT molecular complexity index is 640. The summed E-state index contributed by atoms with van der Waals surface area (Å²) in [6, 6.07) is 11.1. The third-order valence-corrected chi connectivity index (χ3v) is 4.20. The fraction of sp³-hybridized carbons (Fsp3) is 0.412. The molecule has 1 saturated heterocycles. The minimum atomic E-state index is -0.523. The summed E-state index contributed by atoms with van der Waals surface area (Å²) in [7, 11) is 0. The van der Waals surface area contributed by atoms with Crippen molar-refractivity contribution in [1.82, 2.24) is 15.0 Å². The van der Waals surface area contributed by atoms with Crippen LogP contribution in [0.25, 0.3) is 0 Å². The maximum absolute atomic E-state index is 10.3. The van der Waals surface area contributed by atoms with Crippen LogP contribution in [0.2, 0.25) is 0 Å². The zero-order valence-corrected chi connectivity index (χ0v) is 12.9. The van der Waals surface area contributed by atoms with Gasteiger partial charge in [-0.15, -0.1) is 0 Å². The third-order valence-electron chi connectivity index (χ3n) is 4.20. The van der Waals surface area contributed by atoms with E-state index in [9.17, 15) is 5.11 Å². The molecule has 120 valence electrons. The molecule has 1 aromatic carbocycles. The second-order valence-electron chi connectivity index (χ2n) is 5.82. The highest BCUT2D eigenvalue weighted by atomic mass is 16.5. The molecule has 2 heterocycles. The van der Waals surface area contributed by atoms with Gasteiger partial charge in [-0.3, -0.25) is 9.80 Å². The first-order chi connectivity index (χ1) is 11.2. The lowest BCUT2D eigenvalue weighted by molar-refractivity contribution is 0.0693. The molecule has 1 aromatic heterocycles. The summed E-state index contributed by atoms with van der Waals surface area (Å²) in [6.45, 7) is 5.17. The maximum Gasteiger partial charge on any atom is 0.124 e. The molecule has 0 bridgehead atoms. The first-order valence-electron chi connectivity index (χ1n) is 7.76. The summed E-state index contributed by atoms with van der Waals surface area (Å²) >= 11 is 0. The number of nitriles is 1. The quantitative estimate of drug-likeness (QED) is 0.899. The highest BCUT2D eigenvalue weighted by Crippen LogP contribution is 2.16. The van der Waals surface area contributed by atoms with Crippen molar-refractivity contribution < 1.29 is 9.63 Å². The molecule has 1 atom stereocenters. The summed E-state index contributed by atoms with van der Waals surface area (Å²) in [4.78, 5) is 4.60. The number of β-amino-alcohol motifs (C(OH)–C–C–N with tert-alkyl or cyclic N) is 1. The van der Waals surface area contributed by atoms with Crippen LogP contribution < -0.4 is 0 Å². The molecule has 0 aliphatic carbocycles. The first kappa shape index (κ1) is 15.7. The van der Waals surface area contributed by atoms with Crippen molar-refractivity contribution >= 4 is 0 Å². The van der Waals surface area contributed by atoms with Crippen molar-refractivity contribution in [2.75, 3.05) is 32.7 Å². The van der Waals surface area contributed by atoms with E-state index in [1.165, 1.54) is 0 Å². The van der Waals surface area contributed by atoms with E-state index in [0.29, 0.717) is 12.1 Å². The van der Waals surface area contributed by atoms with Crippen LogP contribution >= 0.6 is 0 Å². The Hall–Kier alpha value is -2.20. The van der Waals surface area contributed by atoms with Gasteiger partial charge < -0.3 is 9.63 Å². The fourth-order valence-electron chi connectivity index (χ4n) is 2.81. The predicted molar refractivity (Wildman–Crippen MR) is 84.3 cm³/mol. The molecule has 0 amide bonds. The van der Waals surface area contributed by atoms with E-state index in [-0.39, 0.29) is 0 Å². The lowest BCUT2D eigenvalue weighted by Gasteiger charge is -2.35. The number of piperazine rings is 1. The fourth-order valence-corrected chi connectivity index (χ4v) is 2.81. The van der Waals surface area contributed by atoms with Crippen molar-refractivity contribution in [2.45, 2.75) is 12.6 Å². The lowest BCUT2D eigenvalue weighted by Crippen LogP contribution is -2.47. The Balaban J connectivity index is 1.47. The van der Waals surface area contributed by atoms with Crippen LogP contribution in [0.1, 0.15) is 22.9 Å². The molecule has 0 saturated carbocycles. The average molecular weight is 312 g/mol. The highest BCUT2D eigenvalue weighted by Gasteiger charge is 2.20. The normalized spacial score (nSPS) is 17.7. The summed E-state index contributed by atoms with van der Waals surface area (Å²) in [6.07, 6.45) is 1.07. The smallest absolute Gasteiger partial charge is 0.124 e. The summed E-state index contributed by atoms with van der Waals surface area (Å²) in [5.41, 5.74) is 2.42. The molecule has 1 aliphatic rings. The molecule has 6 heteroatoms. The van der Waals surface area contributed by atoms with E-state index in [1.54, 1.807) is 18.4 Å². The Kier molecular flexibility index (Phi) is 5.03. The molecule has 1 N–H and O–H groups in total. The molecular formula is C17H20N4O2. The van der Waals surface area contributed by atoms with Gasteiger partial charge >= 0.3 is 0 Å². The van der Waals surface area contributed by atoms with Gasteiger partial charge in [0.25, 0.3) is 0 Å². The van der Waals surface area contributed by atoms with Gasteiger partial charge in [0, 0.05) is 45.3 Å². The van der Waals surface area contributed by atoms with Crippen molar-refractivity contribution in [3.63, 3.8) is 0 Å². The van der Waals surface area contributed by atoms with Gasteiger partial charge in [0.15, 0.2) is 0 Å². The second-order valence-corrected chi connectivity index (χ2v) is 5.82. The molecule has 6 nitrogen and oxygen atoms in total. The Labute approximate surface area is 135 Å². The van der Waals surface area contributed by atoms with Crippen LogP contribution in [0.3, 0.4) is 0 Å². The molecule has 1 aliphatic heterocycles. The van der Waals surface area contributed by atoms with E-state index < -0.39 is 6.10 Å². The largest absolute Gasteiger partial charge is 0.387 e. The zero-order chi connectivity index (χ0) is 16.1. The van der Waals surface area contributed by atoms with Gasteiger partial charge in [-0.2, -0.15) is 5.26 Å². The minimum Gasteiger partial charge on any atom is -0.387 e. The number of hydrogen-bond acceptors (Lipinski definition) is 6. The summed E-state index contributed by atoms with van der Waals surface area (Å²) in [5, 5.41) is 23.1. The Morgan fingerprint density at radius 1 is 1.13 bits per heavy atom. The number of aliphatic hydroxyl groups excluding tert-OH is 1. The Morgan fingerprint density at radius 2 is 1.83 bits per heavy atom. The van der Waals surface area contributed by atoms with Crippen molar-refractivity contribution in [2.24, 2.45) is 0 Å². The standard InChI is InChI=1S/C17H20N4O2/c18-11-14-1-3-15(4-2-14)17(22)13-21-8-6-20(7-9-21)12-16-5-10-23-19-16/h1-5,10,17,22H,6-9,12-13H2. The third kappa shape index (κ3) is 4.17. The molecule has 2 aromatic rings. The van der Waals surface area contributed by atoms with Gasteiger partial charge in [-0.25, -0.2) is 0 Å². The van der Waals surface area contributed by atoms with Crippen LogP contribution in [0.4, 0.5) is 0 Å². The molecule has 0 spiro atoms. The summed E-state index contributed by atoms with van der Waals surface area (Å²) in [5.74, 6) is 0. The van der Waals surface area contributed by atoms with E-state index >= 15 is 0 Å². The number of hydrogen-bond donors (Lipinski definition) is 1. The zero-order valence-electron chi connectivity index (χ0n) is 12.9. The molecule has 1 fully saturated rings. The average Bonchev–Trinajstić information content (AvgIpc) is 3.10. The van der Waals surface area contributed by atoms with Crippen molar-refractivity contribution in [3.8, 4) is 6.07 Å². The number of aliphatic hydroxyl groups is 1. The van der Waals surface area contributed by atoms with E-state index in [0.717, 1.165) is 44.0 Å². The molecule has 23 heavy (non-hydrogen) atoms. The van der Waals surface area contributed by atoms with Crippen LogP contribution in [-0.2, 0) is 6.54 Å². The minimum absolute atomic E-state index is 0.523. The van der Waals surface area contributed by atoms with Gasteiger partial charge in [-0.05, 0) is 17.7 Å². The molecule has 0 radical (unpaired) electrons. The van der Waals surface area contributed by atoms with Crippen molar-refractivity contribution in [1.29, 1.82) is 5.26 Å². The first-order valence-corrected chi connectivity index (χ1v) is 7.76. The number of rotatable bonds is 5. The summed E-state index contributed by atoms with van der Waals surface area (Å²) < 4.78 is 4.86. The van der Waals surface area contributed by atoms with Gasteiger partial charge in [0.1, 0.15) is 6.26 Å². The molecule has 3 rings (SSSR count). The number of benzene rings is 1. The molecular weight excluding hydrogens is 292 g/mol. The predicted octanol–water partition coefficient (Wildman–Crippen LogP) is 1.40. The van der Waals surface area contributed by atoms with E-state index in [1.807, 2.05) is 18.2 Å². The SMILES string of the molecule is N#Cc1ccc(C(O)CN2CCN(Cc3ccon3)CC2)cc1. The van der Waals surface area contributed by atoms with Crippen LogP contribution in [-0.4, -0.2) is 52.8 Å². The topological polar surface area (TPSA) is 76.5 Å². The molecule has 1 unspecified atom stereocenters. The van der Waals surface area contributed by atoms with Crippen LogP contribution in [0, 0.1) is 11.3 Å². The second kappa shape index (κ2) is 7.38. The Morgan fingerprint density at radius 3 is 2.43 bits per heavy atom.